The third kappa shape index (κ3) is 5.06. The maximum absolute atomic E-state index is 2.48. The van der Waals surface area contributed by atoms with E-state index < -0.39 is 0 Å². The van der Waals surface area contributed by atoms with Gasteiger partial charge in [-0.2, -0.15) is 0 Å². The summed E-state index contributed by atoms with van der Waals surface area (Å²) in [4.78, 5) is 2.48. The first-order chi connectivity index (χ1) is 27.0. The molecule has 0 saturated carbocycles. The van der Waals surface area contributed by atoms with Gasteiger partial charge in [0, 0.05) is 42.5 Å². The summed E-state index contributed by atoms with van der Waals surface area (Å²) < 4.78 is 2.66. The number of anilines is 3. The third-order valence-corrected chi connectivity index (χ3v) is 12.9. The molecule has 1 heterocycles. The third-order valence-electron chi connectivity index (χ3n) is 11.8. The molecule has 0 radical (unpaired) electrons. The van der Waals surface area contributed by atoms with Crippen molar-refractivity contribution in [1.29, 1.82) is 0 Å². The molecule has 0 bridgehead atoms. The van der Waals surface area contributed by atoms with E-state index in [0.717, 1.165) is 11.4 Å². The molecular formula is C53H37NS. The van der Waals surface area contributed by atoms with Crippen LogP contribution in [0.25, 0.3) is 75.1 Å². The van der Waals surface area contributed by atoms with Gasteiger partial charge in [0.2, 0.25) is 0 Å². The largest absolute Gasteiger partial charge is 0.310 e. The highest BCUT2D eigenvalue weighted by Gasteiger charge is 2.39. The average molecular weight is 720 g/mol. The molecule has 0 saturated heterocycles. The fourth-order valence-corrected chi connectivity index (χ4v) is 10.3. The molecule has 1 aromatic heterocycles. The lowest BCUT2D eigenvalue weighted by Crippen LogP contribution is -2.16. The molecule has 260 valence electrons. The standard InChI is InChI=1S/C53H37NS/c1-53(2)47-17-9-7-16-46(47)51-48(32-40-13-5-6-14-43(40)52(51)53)54(41-26-21-35(22-27-41)38-20-19-34-11-3-4-12-37(34)31-38)42-28-23-36(24-29-42)39-25-30-45-44-15-8-10-18-49(44)55-50(45)33-39/h3-33H,1-2H3. The van der Waals surface area contributed by atoms with Crippen molar-refractivity contribution < 1.29 is 0 Å². The predicted molar refractivity (Wildman–Crippen MR) is 237 cm³/mol. The van der Waals surface area contributed by atoms with Gasteiger partial charge in [0.1, 0.15) is 0 Å². The van der Waals surface area contributed by atoms with E-state index in [9.17, 15) is 0 Å². The quantitative estimate of drug-likeness (QED) is 0.171. The number of thiophene rings is 1. The van der Waals surface area contributed by atoms with Gasteiger partial charge in [-0.25, -0.2) is 0 Å². The van der Waals surface area contributed by atoms with Gasteiger partial charge >= 0.3 is 0 Å². The van der Waals surface area contributed by atoms with Crippen LogP contribution in [0.5, 0.6) is 0 Å². The van der Waals surface area contributed by atoms with E-state index in [-0.39, 0.29) is 5.41 Å². The highest BCUT2D eigenvalue weighted by Crippen LogP contribution is 2.56. The highest BCUT2D eigenvalue weighted by molar-refractivity contribution is 7.25. The van der Waals surface area contributed by atoms with Gasteiger partial charge in [0.25, 0.3) is 0 Å². The van der Waals surface area contributed by atoms with Crippen LogP contribution in [0.4, 0.5) is 17.1 Å². The Bertz CT molecular complexity index is 3110. The molecule has 0 N–H and O–H groups in total. The van der Waals surface area contributed by atoms with Gasteiger partial charge in [0.05, 0.1) is 5.69 Å². The minimum atomic E-state index is -0.151. The zero-order valence-electron chi connectivity index (χ0n) is 30.8. The van der Waals surface area contributed by atoms with Crippen LogP contribution in [-0.2, 0) is 5.41 Å². The summed E-state index contributed by atoms with van der Waals surface area (Å²) in [6, 6.07) is 69.6. The van der Waals surface area contributed by atoms with Crippen molar-refractivity contribution in [3.8, 4) is 33.4 Å². The number of nitrogens with zero attached hydrogens (tertiary/aromatic N) is 1. The molecule has 0 atom stereocenters. The lowest BCUT2D eigenvalue weighted by molar-refractivity contribution is 0.666. The minimum absolute atomic E-state index is 0.151. The van der Waals surface area contributed by atoms with Gasteiger partial charge in [-0.1, -0.05) is 153 Å². The molecule has 55 heavy (non-hydrogen) atoms. The fourth-order valence-electron chi connectivity index (χ4n) is 9.12. The Morgan fingerprint density at radius 1 is 0.418 bits per heavy atom. The number of rotatable bonds is 5. The van der Waals surface area contributed by atoms with Crippen molar-refractivity contribution >= 4 is 70.1 Å². The lowest BCUT2D eigenvalue weighted by atomic mass is 9.80. The number of hydrogen-bond donors (Lipinski definition) is 0. The Morgan fingerprint density at radius 2 is 0.982 bits per heavy atom. The van der Waals surface area contributed by atoms with Crippen molar-refractivity contribution in [2.24, 2.45) is 0 Å². The predicted octanol–water partition coefficient (Wildman–Crippen LogP) is 15.5. The summed E-state index contributed by atoms with van der Waals surface area (Å²) in [6.07, 6.45) is 0. The van der Waals surface area contributed by atoms with Crippen LogP contribution in [0, 0.1) is 0 Å². The van der Waals surface area contributed by atoms with Gasteiger partial charge < -0.3 is 4.90 Å². The second-order valence-electron chi connectivity index (χ2n) is 15.3. The van der Waals surface area contributed by atoms with Crippen molar-refractivity contribution in [1.82, 2.24) is 0 Å². The summed E-state index contributed by atoms with van der Waals surface area (Å²) in [5.74, 6) is 0. The van der Waals surface area contributed by atoms with Gasteiger partial charge in [0.15, 0.2) is 0 Å². The van der Waals surface area contributed by atoms with E-state index in [0.29, 0.717) is 0 Å². The van der Waals surface area contributed by atoms with Crippen LogP contribution < -0.4 is 4.90 Å². The van der Waals surface area contributed by atoms with E-state index in [1.54, 1.807) is 0 Å². The summed E-state index contributed by atoms with van der Waals surface area (Å²) in [5.41, 5.74) is 13.6. The average Bonchev–Trinajstić information content (AvgIpc) is 3.73. The van der Waals surface area contributed by atoms with Crippen LogP contribution in [0.15, 0.2) is 188 Å². The molecule has 0 amide bonds. The molecule has 0 aliphatic heterocycles. The maximum Gasteiger partial charge on any atom is 0.0549 e. The molecule has 11 rings (SSSR count). The molecule has 0 fully saturated rings. The number of fused-ring (bicyclic) bond motifs is 9. The van der Waals surface area contributed by atoms with Crippen LogP contribution >= 0.6 is 11.3 Å². The Hall–Kier alpha value is -6.48. The highest BCUT2D eigenvalue weighted by atomic mass is 32.1. The Morgan fingerprint density at radius 3 is 1.75 bits per heavy atom. The van der Waals surface area contributed by atoms with E-state index in [2.05, 4.69) is 207 Å². The second-order valence-corrected chi connectivity index (χ2v) is 16.4. The normalized spacial score (nSPS) is 13.1. The monoisotopic (exact) mass is 719 g/mol. The molecule has 10 aromatic rings. The zero-order chi connectivity index (χ0) is 36.7. The van der Waals surface area contributed by atoms with E-state index >= 15 is 0 Å². The second kappa shape index (κ2) is 12.3. The molecule has 2 heteroatoms. The van der Waals surface area contributed by atoms with Crippen molar-refractivity contribution in [3.63, 3.8) is 0 Å². The minimum Gasteiger partial charge on any atom is -0.310 e. The van der Waals surface area contributed by atoms with Crippen LogP contribution in [0.2, 0.25) is 0 Å². The summed E-state index contributed by atoms with van der Waals surface area (Å²) in [6.45, 7) is 4.78. The zero-order valence-corrected chi connectivity index (χ0v) is 31.6. The maximum atomic E-state index is 2.48. The van der Waals surface area contributed by atoms with Crippen molar-refractivity contribution in [2.45, 2.75) is 19.3 Å². The van der Waals surface area contributed by atoms with Crippen LogP contribution in [0.3, 0.4) is 0 Å². The first kappa shape index (κ1) is 32.0. The lowest BCUT2D eigenvalue weighted by Gasteiger charge is -2.30. The van der Waals surface area contributed by atoms with Crippen LogP contribution in [0.1, 0.15) is 25.0 Å². The molecule has 1 aliphatic carbocycles. The first-order valence-corrected chi connectivity index (χ1v) is 19.9. The molecular weight excluding hydrogens is 683 g/mol. The Kier molecular flexibility index (Phi) is 7.14. The molecule has 0 unspecified atom stereocenters. The molecule has 1 aliphatic rings. The topological polar surface area (TPSA) is 3.24 Å². The Balaban J connectivity index is 1.09. The summed E-state index contributed by atoms with van der Waals surface area (Å²) in [7, 11) is 0. The van der Waals surface area contributed by atoms with E-state index in [4.69, 9.17) is 0 Å². The van der Waals surface area contributed by atoms with E-state index in [1.165, 1.54) is 91.9 Å². The fraction of sp³-hybridized carbons (Fsp3) is 0.0566. The smallest absolute Gasteiger partial charge is 0.0549 e. The summed E-state index contributed by atoms with van der Waals surface area (Å²) >= 11 is 1.87. The molecule has 0 spiro atoms. The number of hydrogen-bond acceptors (Lipinski definition) is 2. The Labute approximate surface area is 325 Å². The summed E-state index contributed by atoms with van der Waals surface area (Å²) in [5, 5.41) is 7.75. The molecule has 1 nitrogen and oxygen atoms in total. The number of benzene rings is 9. The van der Waals surface area contributed by atoms with Crippen molar-refractivity contribution in [2.75, 3.05) is 4.90 Å². The SMILES string of the molecule is CC1(C)c2ccccc2-c2c(N(c3ccc(-c4ccc5ccccc5c4)cc3)c3ccc(-c4ccc5c(c4)sc4ccccc45)cc3)cc3ccccc3c21. The van der Waals surface area contributed by atoms with Crippen LogP contribution in [-0.4, -0.2) is 0 Å². The van der Waals surface area contributed by atoms with Gasteiger partial charge in [-0.05, 0) is 109 Å². The van der Waals surface area contributed by atoms with Gasteiger partial charge in [-0.3, -0.25) is 0 Å². The van der Waals surface area contributed by atoms with Gasteiger partial charge in [-0.15, -0.1) is 11.3 Å². The van der Waals surface area contributed by atoms with E-state index in [1.807, 2.05) is 11.3 Å². The van der Waals surface area contributed by atoms with Crippen molar-refractivity contribution in [3.05, 3.63) is 199 Å². The molecule has 9 aromatic carbocycles. The first-order valence-electron chi connectivity index (χ1n) is 19.1.